The van der Waals surface area contributed by atoms with Crippen molar-refractivity contribution in [2.24, 2.45) is 7.05 Å². The molecule has 1 aliphatic rings. The first-order valence-electron chi connectivity index (χ1n) is 7.53. The molecule has 0 unspecified atom stereocenters. The Labute approximate surface area is 129 Å². The van der Waals surface area contributed by atoms with E-state index in [-0.39, 0.29) is 6.10 Å². The molecule has 0 N–H and O–H groups in total. The number of pyridine rings is 1. The molecule has 1 saturated heterocycles. The number of aryl methyl sites for hydroxylation is 1. The van der Waals surface area contributed by atoms with Gasteiger partial charge in [-0.2, -0.15) is 0 Å². The minimum atomic E-state index is -0.0451. The SMILES string of the molecule is CCOc1cccc(CN2CCO[C@H](c3nncn3C)C2)n1. The average molecular weight is 303 g/mol. The van der Waals surface area contributed by atoms with Gasteiger partial charge < -0.3 is 14.0 Å². The molecule has 7 heteroatoms. The lowest BCUT2D eigenvalue weighted by atomic mass is 10.2. The summed E-state index contributed by atoms with van der Waals surface area (Å²) in [6.45, 7) is 5.72. The van der Waals surface area contributed by atoms with Crippen molar-refractivity contribution in [2.45, 2.75) is 19.6 Å². The number of hydrogen-bond acceptors (Lipinski definition) is 6. The fourth-order valence-corrected chi connectivity index (χ4v) is 2.59. The number of hydrogen-bond donors (Lipinski definition) is 0. The van der Waals surface area contributed by atoms with Crippen molar-refractivity contribution in [1.29, 1.82) is 0 Å². The van der Waals surface area contributed by atoms with Gasteiger partial charge in [0.2, 0.25) is 5.88 Å². The van der Waals surface area contributed by atoms with E-state index in [1.54, 1.807) is 6.33 Å². The average Bonchev–Trinajstić information content (AvgIpc) is 2.94. The second-order valence-corrected chi connectivity index (χ2v) is 5.29. The van der Waals surface area contributed by atoms with Crippen molar-refractivity contribution < 1.29 is 9.47 Å². The Morgan fingerprint density at radius 2 is 2.32 bits per heavy atom. The molecule has 0 aromatic carbocycles. The summed E-state index contributed by atoms with van der Waals surface area (Å²) in [7, 11) is 1.94. The van der Waals surface area contributed by atoms with Crippen molar-refractivity contribution in [3.05, 3.63) is 36.0 Å². The topological polar surface area (TPSA) is 65.3 Å². The standard InChI is InChI=1S/C15H21N5O2/c1-3-21-14-6-4-5-12(17-14)9-20-7-8-22-13(10-20)15-18-16-11-19(15)2/h4-6,11,13H,3,7-10H2,1-2H3/t13-/m0/s1. The monoisotopic (exact) mass is 303 g/mol. The molecule has 2 aromatic heterocycles. The fourth-order valence-electron chi connectivity index (χ4n) is 2.59. The maximum absolute atomic E-state index is 5.82. The normalized spacial score (nSPS) is 19.3. The minimum absolute atomic E-state index is 0.0451. The van der Waals surface area contributed by atoms with Crippen LogP contribution >= 0.6 is 0 Å². The van der Waals surface area contributed by atoms with E-state index in [9.17, 15) is 0 Å². The Balaban J connectivity index is 1.65. The fraction of sp³-hybridized carbons (Fsp3) is 0.533. The summed E-state index contributed by atoms with van der Waals surface area (Å²) in [6, 6.07) is 5.89. The van der Waals surface area contributed by atoms with Crippen LogP contribution in [-0.4, -0.2) is 51.0 Å². The van der Waals surface area contributed by atoms with Gasteiger partial charge in [0.15, 0.2) is 5.82 Å². The molecule has 2 aromatic rings. The van der Waals surface area contributed by atoms with E-state index in [0.29, 0.717) is 19.1 Å². The minimum Gasteiger partial charge on any atom is -0.478 e. The summed E-state index contributed by atoms with van der Waals surface area (Å²) in [4.78, 5) is 6.84. The summed E-state index contributed by atoms with van der Waals surface area (Å²) in [5.41, 5.74) is 1.00. The Morgan fingerprint density at radius 1 is 1.41 bits per heavy atom. The Hall–Kier alpha value is -1.99. The van der Waals surface area contributed by atoms with Crippen LogP contribution in [0, 0.1) is 0 Å². The van der Waals surface area contributed by atoms with E-state index < -0.39 is 0 Å². The van der Waals surface area contributed by atoms with Crippen LogP contribution in [-0.2, 0) is 18.3 Å². The van der Waals surface area contributed by atoms with Gasteiger partial charge in [-0.05, 0) is 13.0 Å². The van der Waals surface area contributed by atoms with E-state index in [0.717, 1.165) is 31.2 Å². The Bertz CT molecular complexity index is 615. The quantitative estimate of drug-likeness (QED) is 0.826. The molecular weight excluding hydrogens is 282 g/mol. The van der Waals surface area contributed by atoms with Crippen molar-refractivity contribution in [3.63, 3.8) is 0 Å². The smallest absolute Gasteiger partial charge is 0.213 e. The molecular formula is C15H21N5O2. The Morgan fingerprint density at radius 3 is 3.09 bits per heavy atom. The zero-order chi connectivity index (χ0) is 15.4. The third-order valence-electron chi connectivity index (χ3n) is 3.64. The lowest BCUT2D eigenvalue weighted by Crippen LogP contribution is -2.38. The predicted octanol–water partition coefficient (Wildman–Crippen LogP) is 1.18. The molecule has 7 nitrogen and oxygen atoms in total. The van der Waals surface area contributed by atoms with Gasteiger partial charge in [0.25, 0.3) is 0 Å². The molecule has 1 fully saturated rings. The molecule has 0 saturated carbocycles. The van der Waals surface area contributed by atoms with Crippen molar-refractivity contribution in [3.8, 4) is 5.88 Å². The van der Waals surface area contributed by atoms with Crippen LogP contribution in [0.2, 0.25) is 0 Å². The first-order chi connectivity index (χ1) is 10.8. The van der Waals surface area contributed by atoms with Gasteiger partial charge in [0, 0.05) is 32.7 Å². The van der Waals surface area contributed by atoms with Crippen molar-refractivity contribution in [1.82, 2.24) is 24.6 Å². The van der Waals surface area contributed by atoms with Crippen LogP contribution in [0.25, 0.3) is 0 Å². The van der Waals surface area contributed by atoms with Gasteiger partial charge in [0.1, 0.15) is 12.4 Å². The molecule has 118 valence electrons. The van der Waals surface area contributed by atoms with Crippen LogP contribution in [0.1, 0.15) is 24.5 Å². The molecule has 0 spiro atoms. The highest BCUT2D eigenvalue weighted by molar-refractivity contribution is 5.15. The van der Waals surface area contributed by atoms with Crippen LogP contribution in [0.15, 0.2) is 24.5 Å². The number of nitrogens with zero attached hydrogens (tertiary/aromatic N) is 5. The predicted molar refractivity (Wildman–Crippen MR) is 80.4 cm³/mol. The van der Waals surface area contributed by atoms with Gasteiger partial charge in [-0.3, -0.25) is 4.90 Å². The molecule has 3 rings (SSSR count). The van der Waals surface area contributed by atoms with E-state index in [1.807, 2.05) is 36.7 Å². The molecule has 1 atom stereocenters. The summed E-state index contributed by atoms with van der Waals surface area (Å²) in [5, 5.41) is 8.07. The van der Waals surface area contributed by atoms with Crippen LogP contribution < -0.4 is 4.74 Å². The molecule has 22 heavy (non-hydrogen) atoms. The van der Waals surface area contributed by atoms with E-state index in [2.05, 4.69) is 20.1 Å². The third kappa shape index (κ3) is 3.42. The van der Waals surface area contributed by atoms with Gasteiger partial charge in [-0.15, -0.1) is 10.2 Å². The maximum atomic E-state index is 5.82. The Kier molecular flexibility index (Phi) is 4.65. The first kappa shape index (κ1) is 14.9. The maximum Gasteiger partial charge on any atom is 0.213 e. The number of morpholine rings is 1. The lowest BCUT2D eigenvalue weighted by molar-refractivity contribution is -0.0389. The summed E-state index contributed by atoms with van der Waals surface area (Å²) in [6.07, 6.45) is 1.65. The van der Waals surface area contributed by atoms with E-state index in [1.165, 1.54) is 0 Å². The second-order valence-electron chi connectivity index (χ2n) is 5.29. The second kappa shape index (κ2) is 6.85. The van der Waals surface area contributed by atoms with Gasteiger partial charge in [0.05, 0.1) is 18.9 Å². The van der Waals surface area contributed by atoms with Crippen LogP contribution in [0.3, 0.4) is 0 Å². The molecule has 1 aliphatic heterocycles. The highest BCUT2D eigenvalue weighted by atomic mass is 16.5. The molecule has 3 heterocycles. The molecule has 0 radical (unpaired) electrons. The van der Waals surface area contributed by atoms with Gasteiger partial charge >= 0.3 is 0 Å². The van der Waals surface area contributed by atoms with Crippen LogP contribution in [0.4, 0.5) is 0 Å². The highest BCUT2D eigenvalue weighted by Crippen LogP contribution is 2.21. The zero-order valence-corrected chi connectivity index (χ0v) is 13.0. The van der Waals surface area contributed by atoms with E-state index in [4.69, 9.17) is 9.47 Å². The van der Waals surface area contributed by atoms with Crippen LogP contribution in [0.5, 0.6) is 5.88 Å². The molecule has 0 bridgehead atoms. The van der Waals surface area contributed by atoms with Crippen molar-refractivity contribution in [2.75, 3.05) is 26.3 Å². The van der Waals surface area contributed by atoms with Gasteiger partial charge in [-0.25, -0.2) is 4.98 Å². The summed E-state index contributed by atoms with van der Waals surface area (Å²) < 4.78 is 13.2. The number of ether oxygens (including phenoxy) is 2. The zero-order valence-electron chi connectivity index (χ0n) is 13.0. The van der Waals surface area contributed by atoms with Gasteiger partial charge in [-0.1, -0.05) is 6.07 Å². The van der Waals surface area contributed by atoms with Crippen molar-refractivity contribution >= 4 is 0 Å². The highest BCUT2D eigenvalue weighted by Gasteiger charge is 2.25. The van der Waals surface area contributed by atoms with E-state index >= 15 is 0 Å². The number of aromatic nitrogens is 4. The first-order valence-corrected chi connectivity index (χ1v) is 7.53. The number of rotatable bonds is 5. The lowest BCUT2D eigenvalue weighted by Gasteiger charge is -2.32. The summed E-state index contributed by atoms with van der Waals surface area (Å²) in [5.74, 6) is 1.54. The molecule has 0 aliphatic carbocycles. The largest absolute Gasteiger partial charge is 0.478 e. The third-order valence-corrected chi connectivity index (χ3v) is 3.64. The molecule has 0 amide bonds. The summed E-state index contributed by atoms with van der Waals surface area (Å²) >= 11 is 0.